The summed E-state index contributed by atoms with van der Waals surface area (Å²) in [4.78, 5) is 24.1. The lowest BCUT2D eigenvalue weighted by atomic mass is 10.2. The molecule has 108 valence electrons. The van der Waals surface area contributed by atoms with Crippen LogP contribution in [-0.4, -0.2) is 38.5 Å². The first-order valence-corrected chi connectivity index (χ1v) is 6.96. The van der Waals surface area contributed by atoms with E-state index in [1.165, 1.54) is 0 Å². The molecule has 5 nitrogen and oxygen atoms in total. The summed E-state index contributed by atoms with van der Waals surface area (Å²) < 4.78 is 5.32. The third-order valence-corrected chi connectivity index (χ3v) is 3.25. The maximum atomic E-state index is 11.6. The van der Waals surface area contributed by atoms with Crippen LogP contribution in [0, 0.1) is 0 Å². The molecule has 1 aliphatic rings. The average Bonchev–Trinajstić information content (AvgIpc) is 2.49. The van der Waals surface area contributed by atoms with E-state index >= 15 is 0 Å². The molecule has 1 saturated heterocycles. The van der Waals surface area contributed by atoms with Crippen LogP contribution in [0.5, 0.6) is 0 Å². The van der Waals surface area contributed by atoms with Crippen molar-refractivity contribution in [3.63, 3.8) is 0 Å². The molecular formula is C15H20N2O3. The highest BCUT2D eigenvalue weighted by Crippen LogP contribution is 2.19. The van der Waals surface area contributed by atoms with E-state index in [9.17, 15) is 9.59 Å². The summed E-state index contributed by atoms with van der Waals surface area (Å²) >= 11 is 0. The maximum absolute atomic E-state index is 11.6. The number of unbranched alkanes of at least 4 members (excludes halogenated alkanes) is 1. The first kappa shape index (κ1) is 14.5. The number of ether oxygens (including phenoxy) is 1. The largest absolute Gasteiger partial charge is 0.378 e. The molecule has 1 aliphatic heterocycles. The van der Waals surface area contributed by atoms with Crippen LogP contribution in [0.3, 0.4) is 0 Å². The van der Waals surface area contributed by atoms with Crippen molar-refractivity contribution in [2.75, 3.05) is 36.5 Å². The van der Waals surface area contributed by atoms with E-state index in [1.54, 1.807) is 0 Å². The van der Waals surface area contributed by atoms with E-state index in [-0.39, 0.29) is 5.91 Å². The number of nitrogens with zero attached hydrogens (tertiary/aromatic N) is 1. The van der Waals surface area contributed by atoms with E-state index in [0.717, 1.165) is 44.0 Å². The number of anilines is 2. The third-order valence-electron chi connectivity index (χ3n) is 3.25. The molecule has 1 fully saturated rings. The molecule has 1 N–H and O–H groups in total. The van der Waals surface area contributed by atoms with Crippen LogP contribution < -0.4 is 10.2 Å². The van der Waals surface area contributed by atoms with Gasteiger partial charge in [-0.2, -0.15) is 0 Å². The number of carbonyl (C=O) groups is 2. The van der Waals surface area contributed by atoms with E-state index in [2.05, 4.69) is 10.2 Å². The van der Waals surface area contributed by atoms with Crippen LogP contribution >= 0.6 is 0 Å². The highest BCUT2D eigenvalue weighted by molar-refractivity contribution is 5.90. The van der Waals surface area contributed by atoms with Crippen molar-refractivity contribution in [3.8, 4) is 0 Å². The second-order valence-electron chi connectivity index (χ2n) is 4.75. The smallest absolute Gasteiger partial charge is 0.224 e. The lowest BCUT2D eigenvalue weighted by molar-refractivity contribution is -0.116. The second kappa shape index (κ2) is 7.65. The van der Waals surface area contributed by atoms with Crippen molar-refractivity contribution in [2.24, 2.45) is 0 Å². The van der Waals surface area contributed by atoms with Crippen molar-refractivity contribution in [3.05, 3.63) is 24.3 Å². The Morgan fingerprint density at radius 1 is 1.25 bits per heavy atom. The Morgan fingerprint density at radius 2 is 1.95 bits per heavy atom. The van der Waals surface area contributed by atoms with Gasteiger partial charge in [-0.3, -0.25) is 4.79 Å². The lowest BCUT2D eigenvalue weighted by Crippen LogP contribution is -2.36. The molecule has 1 aromatic carbocycles. The van der Waals surface area contributed by atoms with Gasteiger partial charge < -0.3 is 19.7 Å². The average molecular weight is 276 g/mol. The van der Waals surface area contributed by atoms with Crippen LogP contribution in [0.2, 0.25) is 0 Å². The number of hydrogen-bond acceptors (Lipinski definition) is 4. The molecule has 2 rings (SSSR count). The molecule has 1 amide bonds. The highest BCUT2D eigenvalue weighted by atomic mass is 16.5. The first-order chi connectivity index (χ1) is 9.79. The molecule has 0 bridgehead atoms. The number of benzene rings is 1. The van der Waals surface area contributed by atoms with Gasteiger partial charge in [0.25, 0.3) is 0 Å². The summed E-state index contributed by atoms with van der Waals surface area (Å²) in [5, 5.41) is 2.83. The number of morpholine rings is 1. The van der Waals surface area contributed by atoms with Gasteiger partial charge in [-0.15, -0.1) is 0 Å². The molecule has 0 aromatic heterocycles. The number of aldehydes is 1. The summed E-state index contributed by atoms with van der Waals surface area (Å²) in [6.45, 7) is 3.32. The molecule has 1 aromatic rings. The van der Waals surface area contributed by atoms with Crippen LogP contribution in [-0.2, 0) is 14.3 Å². The molecule has 0 saturated carbocycles. The zero-order valence-electron chi connectivity index (χ0n) is 11.5. The predicted octanol–water partition coefficient (Wildman–Crippen LogP) is 1.83. The molecule has 20 heavy (non-hydrogen) atoms. The van der Waals surface area contributed by atoms with Crippen molar-refractivity contribution in [2.45, 2.75) is 19.3 Å². The zero-order chi connectivity index (χ0) is 14.2. The summed E-state index contributed by atoms with van der Waals surface area (Å²) in [6.07, 6.45) is 2.25. The summed E-state index contributed by atoms with van der Waals surface area (Å²) in [7, 11) is 0. The molecule has 0 spiro atoms. The summed E-state index contributed by atoms with van der Waals surface area (Å²) in [5.41, 5.74) is 1.94. The number of rotatable bonds is 6. The van der Waals surface area contributed by atoms with Crippen LogP contribution in [0.15, 0.2) is 24.3 Å². The molecule has 0 radical (unpaired) electrons. The Morgan fingerprint density at radius 3 is 2.60 bits per heavy atom. The fourth-order valence-corrected chi connectivity index (χ4v) is 2.15. The van der Waals surface area contributed by atoms with Gasteiger partial charge in [0.05, 0.1) is 13.2 Å². The van der Waals surface area contributed by atoms with E-state index in [1.807, 2.05) is 24.3 Å². The van der Waals surface area contributed by atoms with Gasteiger partial charge in [0, 0.05) is 37.3 Å². The Bertz CT molecular complexity index is 439. The lowest BCUT2D eigenvalue weighted by Gasteiger charge is -2.28. The van der Waals surface area contributed by atoms with Crippen molar-refractivity contribution >= 4 is 23.6 Å². The Kier molecular flexibility index (Phi) is 5.55. The van der Waals surface area contributed by atoms with Crippen molar-refractivity contribution in [1.29, 1.82) is 0 Å². The Hall–Kier alpha value is -1.88. The summed E-state index contributed by atoms with van der Waals surface area (Å²) in [6, 6.07) is 7.82. The van der Waals surface area contributed by atoms with E-state index < -0.39 is 0 Å². The minimum atomic E-state index is -0.0500. The van der Waals surface area contributed by atoms with Gasteiger partial charge >= 0.3 is 0 Å². The van der Waals surface area contributed by atoms with E-state index in [4.69, 9.17) is 4.74 Å². The number of hydrogen-bond donors (Lipinski definition) is 1. The monoisotopic (exact) mass is 276 g/mol. The fourth-order valence-electron chi connectivity index (χ4n) is 2.15. The maximum Gasteiger partial charge on any atom is 0.224 e. The standard InChI is InChI=1S/C15H20N2O3/c18-10-2-1-3-15(19)16-13-4-6-14(7-5-13)17-8-11-20-12-9-17/h4-7,10H,1-3,8-9,11-12H2,(H,16,19). The van der Waals surface area contributed by atoms with Crippen LogP contribution in [0.1, 0.15) is 19.3 Å². The SMILES string of the molecule is O=CCCCC(=O)Nc1ccc(N2CCOCC2)cc1. The number of nitrogens with one attached hydrogen (secondary N) is 1. The number of amides is 1. The highest BCUT2D eigenvalue weighted by Gasteiger charge is 2.11. The summed E-state index contributed by atoms with van der Waals surface area (Å²) in [5.74, 6) is -0.0500. The fraction of sp³-hybridized carbons (Fsp3) is 0.467. The molecule has 0 atom stereocenters. The van der Waals surface area contributed by atoms with Crippen molar-refractivity contribution in [1.82, 2.24) is 0 Å². The van der Waals surface area contributed by atoms with E-state index in [0.29, 0.717) is 19.3 Å². The normalized spacial score (nSPS) is 14.9. The minimum Gasteiger partial charge on any atom is -0.378 e. The van der Waals surface area contributed by atoms with Gasteiger partial charge in [-0.25, -0.2) is 0 Å². The van der Waals surface area contributed by atoms with Gasteiger partial charge in [-0.1, -0.05) is 0 Å². The molecule has 5 heteroatoms. The van der Waals surface area contributed by atoms with Crippen LogP contribution in [0.25, 0.3) is 0 Å². The predicted molar refractivity (Wildman–Crippen MR) is 78.0 cm³/mol. The Labute approximate surface area is 118 Å². The molecule has 1 heterocycles. The second-order valence-corrected chi connectivity index (χ2v) is 4.75. The van der Waals surface area contributed by atoms with Gasteiger partial charge in [0.2, 0.25) is 5.91 Å². The molecular weight excluding hydrogens is 256 g/mol. The molecule has 0 aliphatic carbocycles. The minimum absolute atomic E-state index is 0.0500. The molecule has 0 unspecified atom stereocenters. The quantitative estimate of drug-likeness (QED) is 0.636. The third kappa shape index (κ3) is 4.35. The first-order valence-electron chi connectivity index (χ1n) is 6.96. The Balaban J connectivity index is 1.84. The zero-order valence-corrected chi connectivity index (χ0v) is 11.5. The van der Waals surface area contributed by atoms with Gasteiger partial charge in [0.1, 0.15) is 6.29 Å². The van der Waals surface area contributed by atoms with Gasteiger partial charge in [-0.05, 0) is 30.7 Å². The van der Waals surface area contributed by atoms with Crippen molar-refractivity contribution < 1.29 is 14.3 Å². The van der Waals surface area contributed by atoms with Crippen LogP contribution in [0.4, 0.5) is 11.4 Å². The van der Waals surface area contributed by atoms with Gasteiger partial charge in [0.15, 0.2) is 0 Å². The topological polar surface area (TPSA) is 58.6 Å². The number of carbonyl (C=O) groups excluding carboxylic acids is 2.